The summed E-state index contributed by atoms with van der Waals surface area (Å²) >= 11 is 1.39. The molecule has 3 aromatic rings. The second-order valence-corrected chi connectivity index (χ2v) is 7.89. The van der Waals surface area contributed by atoms with Crippen LogP contribution in [0.3, 0.4) is 0 Å². The fourth-order valence-electron chi connectivity index (χ4n) is 3.54. The fraction of sp³-hybridized carbons (Fsp3) is 0.318. The first kappa shape index (κ1) is 20.2. The van der Waals surface area contributed by atoms with E-state index < -0.39 is 0 Å². The summed E-state index contributed by atoms with van der Waals surface area (Å²) in [5.74, 6) is 0.284. The zero-order valence-corrected chi connectivity index (χ0v) is 17.8. The molecule has 1 aliphatic heterocycles. The maximum atomic E-state index is 13.2. The third-order valence-electron chi connectivity index (χ3n) is 4.90. The van der Waals surface area contributed by atoms with Gasteiger partial charge in [-0.25, -0.2) is 9.78 Å². The molecule has 2 amide bonds. The molecule has 0 bridgehead atoms. The van der Waals surface area contributed by atoms with Gasteiger partial charge >= 0.3 is 6.09 Å². The van der Waals surface area contributed by atoms with Gasteiger partial charge in [0.15, 0.2) is 5.13 Å². The predicted molar refractivity (Wildman–Crippen MR) is 116 cm³/mol. The molecule has 0 spiro atoms. The summed E-state index contributed by atoms with van der Waals surface area (Å²) in [5.41, 5.74) is 1.41. The minimum Gasteiger partial charge on any atom is -0.493 e. The topological polar surface area (TPSA) is 80.8 Å². The van der Waals surface area contributed by atoms with Crippen molar-refractivity contribution in [3.8, 4) is 5.75 Å². The third kappa shape index (κ3) is 3.95. The van der Waals surface area contributed by atoms with Crippen LogP contribution in [0.5, 0.6) is 5.75 Å². The lowest BCUT2D eigenvalue weighted by atomic mass is 10.0. The van der Waals surface area contributed by atoms with Gasteiger partial charge in [-0.1, -0.05) is 41.7 Å². The van der Waals surface area contributed by atoms with Gasteiger partial charge in [-0.15, -0.1) is 0 Å². The highest BCUT2D eigenvalue weighted by molar-refractivity contribution is 7.15. The second-order valence-electron chi connectivity index (χ2n) is 6.81. The van der Waals surface area contributed by atoms with Crippen molar-refractivity contribution in [2.75, 3.05) is 25.1 Å². The lowest BCUT2D eigenvalue weighted by molar-refractivity contribution is 0.102. The first-order valence-corrected chi connectivity index (χ1v) is 10.8. The molecule has 1 N–H and O–H groups in total. The minimum absolute atomic E-state index is 0.261. The molecule has 0 saturated heterocycles. The number of nitrogens with one attached hydrogen (secondary N) is 1. The molecule has 0 fully saturated rings. The number of rotatable bonds is 5. The van der Waals surface area contributed by atoms with Gasteiger partial charge in [-0.3, -0.25) is 10.1 Å². The number of hydrogen-bond acceptors (Lipinski definition) is 6. The molecule has 8 heteroatoms. The Morgan fingerprint density at radius 1 is 1.17 bits per heavy atom. The molecule has 2 aromatic carbocycles. The van der Waals surface area contributed by atoms with Crippen LogP contribution in [0.25, 0.3) is 10.8 Å². The van der Waals surface area contributed by atoms with Crippen molar-refractivity contribution < 1.29 is 19.1 Å². The van der Waals surface area contributed by atoms with E-state index >= 15 is 0 Å². The quantitative estimate of drug-likeness (QED) is 0.653. The maximum Gasteiger partial charge on any atom is 0.410 e. The van der Waals surface area contributed by atoms with Gasteiger partial charge in [0, 0.05) is 17.8 Å². The molecule has 156 valence electrons. The lowest BCUT2D eigenvalue weighted by Crippen LogP contribution is -2.35. The summed E-state index contributed by atoms with van der Waals surface area (Å²) in [6, 6.07) is 11.5. The Kier molecular flexibility index (Phi) is 5.85. The number of amides is 2. The van der Waals surface area contributed by atoms with Crippen LogP contribution in [0.1, 0.15) is 34.8 Å². The Bertz CT molecular complexity index is 1100. The molecular weight excluding hydrogens is 402 g/mol. The van der Waals surface area contributed by atoms with Gasteiger partial charge in [0.05, 0.1) is 31.0 Å². The van der Waals surface area contributed by atoms with Crippen LogP contribution in [0.15, 0.2) is 36.4 Å². The van der Waals surface area contributed by atoms with E-state index in [0.717, 1.165) is 21.3 Å². The van der Waals surface area contributed by atoms with E-state index in [-0.39, 0.29) is 12.0 Å². The van der Waals surface area contributed by atoms with Crippen molar-refractivity contribution >= 4 is 39.2 Å². The highest BCUT2D eigenvalue weighted by Crippen LogP contribution is 2.32. The van der Waals surface area contributed by atoms with Crippen LogP contribution in [0.2, 0.25) is 0 Å². The van der Waals surface area contributed by atoms with Gasteiger partial charge in [0.25, 0.3) is 5.91 Å². The Hall–Kier alpha value is -3.13. The predicted octanol–water partition coefficient (Wildman–Crippen LogP) is 4.46. The number of hydrogen-bond donors (Lipinski definition) is 1. The molecule has 7 nitrogen and oxygen atoms in total. The summed E-state index contributed by atoms with van der Waals surface area (Å²) < 4.78 is 10.8. The Labute approximate surface area is 178 Å². The summed E-state index contributed by atoms with van der Waals surface area (Å²) in [6.45, 7) is 5.49. The van der Waals surface area contributed by atoms with Crippen LogP contribution in [-0.2, 0) is 17.7 Å². The zero-order chi connectivity index (χ0) is 21.1. The largest absolute Gasteiger partial charge is 0.493 e. The second kappa shape index (κ2) is 8.71. The molecule has 1 aliphatic rings. The molecule has 1 aromatic heterocycles. The number of benzene rings is 2. The highest BCUT2D eigenvalue weighted by Gasteiger charge is 2.26. The number of anilines is 1. The molecule has 0 aliphatic carbocycles. The molecule has 0 atom stereocenters. The lowest BCUT2D eigenvalue weighted by Gasteiger charge is -2.24. The first-order chi connectivity index (χ1) is 14.6. The van der Waals surface area contributed by atoms with E-state index in [0.29, 0.717) is 49.2 Å². The van der Waals surface area contributed by atoms with Gasteiger partial charge in [-0.05, 0) is 30.7 Å². The van der Waals surface area contributed by atoms with Crippen molar-refractivity contribution in [2.45, 2.75) is 26.8 Å². The molecule has 0 unspecified atom stereocenters. The fourth-order valence-corrected chi connectivity index (χ4v) is 4.56. The monoisotopic (exact) mass is 425 g/mol. The standard InChI is InChI=1S/C22H23N3O4S/c1-3-28-17-10-9-14-7-5-6-8-15(14)19(17)20(26)24-21-23-16-11-12-25(13-18(16)30-21)22(27)29-4-2/h5-10H,3-4,11-13H2,1-2H3,(H,23,24,26). The van der Waals surface area contributed by atoms with Crippen molar-refractivity contribution in [2.24, 2.45) is 0 Å². The van der Waals surface area contributed by atoms with Crippen molar-refractivity contribution in [3.05, 3.63) is 52.5 Å². The maximum absolute atomic E-state index is 13.2. The Morgan fingerprint density at radius 2 is 2.00 bits per heavy atom. The number of nitrogens with zero attached hydrogens (tertiary/aromatic N) is 2. The van der Waals surface area contributed by atoms with Gasteiger partial charge in [0.2, 0.25) is 0 Å². The molecule has 4 rings (SSSR count). The van der Waals surface area contributed by atoms with Gasteiger partial charge in [-0.2, -0.15) is 0 Å². The number of fused-ring (bicyclic) bond motifs is 2. The van der Waals surface area contributed by atoms with E-state index in [1.807, 2.05) is 43.3 Å². The van der Waals surface area contributed by atoms with Crippen molar-refractivity contribution in [1.29, 1.82) is 0 Å². The number of aromatic nitrogens is 1. The minimum atomic E-state index is -0.320. The van der Waals surface area contributed by atoms with E-state index in [1.165, 1.54) is 11.3 Å². The van der Waals surface area contributed by atoms with E-state index in [9.17, 15) is 9.59 Å². The number of carbonyl (C=O) groups is 2. The molecule has 0 saturated carbocycles. The number of thiazole rings is 1. The summed E-state index contributed by atoms with van der Waals surface area (Å²) in [4.78, 5) is 32.4. The zero-order valence-electron chi connectivity index (χ0n) is 16.9. The molecule has 2 heterocycles. The van der Waals surface area contributed by atoms with E-state index in [4.69, 9.17) is 9.47 Å². The smallest absolute Gasteiger partial charge is 0.410 e. The van der Waals surface area contributed by atoms with Crippen LogP contribution < -0.4 is 10.1 Å². The van der Waals surface area contributed by atoms with Crippen LogP contribution in [-0.4, -0.2) is 41.6 Å². The normalized spacial score (nSPS) is 13.1. The summed E-state index contributed by atoms with van der Waals surface area (Å²) in [6.07, 6.45) is 0.318. The average Bonchev–Trinajstić information content (AvgIpc) is 3.15. The van der Waals surface area contributed by atoms with Gasteiger partial charge in [0.1, 0.15) is 5.75 Å². The molecule has 0 radical (unpaired) electrons. The summed E-state index contributed by atoms with van der Waals surface area (Å²) in [5, 5.41) is 5.25. The summed E-state index contributed by atoms with van der Waals surface area (Å²) in [7, 11) is 0. The average molecular weight is 426 g/mol. The SMILES string of the molecule is CCOC(=O)N1CCc2nc(NC(=O)c3c(OCC)ccc4ccccc34)sc2C1. The molecule has 30 heavy (non-hydrogen) atoms. The Balaban J connectivity index is 1.59. The van der Waals surface area contributed by atoms with Crippen LogP contribution >= 0.6 is 11.3 Å². The van der Waals surface area contributed by atoms with Crippen molar-refractivity contribution in [1.82, 2.24) is 9.88 Å². The first-order valence-electron chi connectivity index (χ1n) is 9.96. The van der Waals surface area contributed by atoms with Gasteiger partial charge < -0.3 is 14.4 Å². The number of ether oxygens (including phenoxy) is 2. The number of carbonyl (C=O) groups excluding carboxylic acids is 2. The van der Waals surface area contributed by atoms with Crippen LogP contribution in [0.4, 0.5) is 9.93 Å². The van der Waals surface area contributed by atoms with E-state index in [2.05, 4.69) is 10.3 Å². The van der Waals surface area contributed by atoms with Crippen molar-refractivity contribution in [3.63, 3.8) is 0 Å². The molecular formula is C22H23N3O4S. The highest BCUT2D eigenvalue weighted by atomic mass is 32.1. The van der Waals surface area contributed by atoms with Crippen LogP contribution in [0, 0.1) is 0 Å². The van der Waals surface area contributed by atoms with E-state index in [1.54, 1.807) is 11.8 Å². The third-order valence-corrected chi connectivity index (χ3v) is 5.89. The Morgan fingerprint density at radius 3 is 2.80 bits per heavy atom.